The van der Waals surface area contributed by atoms with E-state index in [1.54, 1.807) is 0 Å². The molecule has 0 bridgehead atoms. The van der Waals surface area contributed by atoms with Crippen LogP contribution in [0.5, 0.6) is 0 Å². The van der Waals surface area contributed by atoms with Crippen molar-refractivity contribution in [2.45, 2.75) is 58.7 Å². The predicted molar refractivity (Wildman–Crippen MR) is 81.2 cm³/mol. The van der Waals surface area contributed by atoms with Gasteiger partial charge in [-0.2, -0.15) is 0 Å². The molecule has 0 spiro atoms. The Morgan fingerprint density at radius 1 is 1.37 bits per heavy atom. The molecule has 1 heterocycles. The van der Waals surface area contributed by atoms with Crippen LogP contribution in [0, 0.1) is 5.92 Å². The first-order valence-electron chi connectivity index (χ1n) is 7.43. The summed E-state index contributed by atoms with van der Waals surface area (Å²) in [5.74, 6) is 0.819. The lowest BCUT2D eigenvalue weighted by Crippen LogP contribution is -2.56. The Hall–Kier alpha value is -0.130. The van der Waals surface area contributed by atoms with Gasteiger partial charge in [-0.1, -0.05) is 13.8 Å². The smallest absolute Gasteiger partial charge is 0.148 e. The highest BCUT2D eigenvalue weighted by Gasteiger charge is 2.34. The molecule has 0 aromatic heterocycles. The van der Waals surface area contributed by atoms with Gasteiger partial charge in [-0.05, 0) is 39.2 Å². The molecule has 0 saturated carbocycles. The van der Waals surface area contributed by atoms with Gasteiger partial charge in [-0.25, -0.2) is 8.42 Å². The number of hydrogen-bond donors (Lipinski definition) is 1. The number of rotatable bonds is 6. The molecule has 4 unspecified atom stereocenters. The average molecular weight is 290 g/mol. The molecule has 4 nitrogen and oxygen atoms in total. The summed E-state index contributed by atoms with van der Waals surface area (Å²) in [5, 5.41) is 3.61. The molecule has 19 heavy (non-hydrogen) atoms. The molecule has 1 aliphatic rings. The largest absolute Gasteiger partial charge is 0.314 e. The Bertz CT molecular complexity index is 370. The molecule has 4 atom stereocenters. The van der Waals surface area contributed by atoms with Gasteiger partial charge in [-0.15, -0.1) is 0 Å². The third kappa shape index (κ3) is 5.04. The predicted octanol–water partition coefficient (Wildman–Crippen LogP) is 1.52. The molecular formula is C14H30N2O2S. The Labute approximate surface area is 118 Å². The summed E-state index contributed by atoms with van der Waals surface area (Å²) < 4.78 is 22.9. The third-order valence-corrected chi connectivity index (χ3v) is 5.47. The van der Waals surface area contributed by atoms with Gasteiger partial charge in [0.05, 0.1) is 5.75 Å². The molecule has 1 aliphatic heterocycles. The molecule has 0 aromatic rings. The van der Waals surface area contributed by atoms with Crippen LogP contribution in [0.4, 0.5) is 0 Å². The van der Waals surface area contributed by atoms with Crippen LogP contribution < -0.4 is 5.32 Å². The average Bonchev–Trinajstić information content (AvgIpc) is 2.28. The Balaban J connectivity index is 2.60. The number of piperidine rings is 1. The number of likely N-dealkylation sites (tertiary alicyclic amines) is 1. The second-order valence-electron chi connectivity index (χ2n) is 6.13. The molecule has 1 rings (SSSR count). The van der Waals surface area contributed by atoms with Crippen molar-refractivity contribution in [1.82, 2.24) is 10.2 Å². The molecule has 0 aliphatic carbocycles. The summed E-state index contributed by atoms with van der Waals surface area (Å²) in [5.41, 5.74) is 0. The van der Waals surface area contributed by atoms with E-state index < -0.39 is 9.84 Å². The molecule has 1 saturated heterocycles. The fourth-order valence-corrected chi connectivity index (χ4v) is 4.23. The summed E-state index contributed by atoms with van der Waals surface area (Å²) >= 11 is 0. The van der Waals surface area contributed by atoms with E-state index in [4.69, 9.17) is 0 Å². The van der Waals surface area contributed by atoms with E-state index in [1.807, 2.05) is 6.92 Å². The normalized spacial score (nSPS) is 31.3. The van der Waals surface area contributed by atoms with E-state index in [9.17, 15) is 8.42 Å². The fourth-order valence-electron chi connectivity index (χ4n) is 3.17. The van der Waals surface area contributed by atoms with Crippen molar-refractivity contribution < 1.29 is 8.42 Å². The second-order valence-corrected chi connectivity index (χ2v) is 8.31. The first-order chi connectivity index (χ1) is 8.76. The molecule has 0 aromatic carbocycles. The summed E-state index contributed by atoms with van der Waals surface area (Å²) in [6, 6.07) is 1.11. The zero-order chi connectivity index (χ0) is 14.6. The van der Waals surface area contributed by atoms with Crippen LogP contribution in [0.3, 0.4) is 0 Å². The SMILES string of the molecule is CCCNC1CCN(C(C)CS(C)(=O)=O)C(C)C1C. The van der Waals surface area contributed by atoms with E-state index in [0.29, 0.717) is 18.0 Å². The van der Waals surface area contributed by atoms with E-state index in [-0.39, 0.29) is 11.8 Å². The summed E-state index contributed by atoms with van der Waals surface area (Å²) in [6.45, 7) is 10.8. The molecular weight excluding hydrogens is 260 g/mol. The van der Waals surface area contributed by atoms with Crippen LogP contribution in [-0.4, -0.2) is 56.5 Å². The van der Waals surface area contributed by atoms with Gasteiger partial charge in [0.25, 0.3) is 0 Å². The Morgan fingerprint density at radius 2 is 2.00 bits per heavy atom. The van der Waals surface area contributed by atoms with Gasteiger partial charge in [0, 0.05) is 30.9 Å². The molecule has 1 fully saturated rings. The highest BCUT2D eigenvalue weighted by Crippen LogP contribution is 2.25. The number of hydrogen-bond acceptors (Lipinski definition) is 4. The van der Waals surface area contributed by atoms with E-state index in [0.717, 1.165) is 25.9 Å². The monoisotopic (exact) mass is 290 g/mol. The minimum atomic E-state index is -2.90. The first-order valence-corrected chi connectivity index (χ1v) is 9.49. The zero-order valence-electron chi connectivity index (χ0n) is 13.0. The third-order valence-electron chi connectivity index (χ3n) is 4.38. The second kappa shape index (κ2) is 7.04. The van der Waals surface area contributed by atoms with Crippen molar-refractivity contribution in [3.8, 4) is 0 Å². The van der Waals surface area contributed by atoms with Crippen molar-refractivity contribution in [1.29, 1.82) is 0 Å². The highest BCUT2D eigenvalue weighted by molar-refractivity contribution is 7.90. The van der Waals surface area contributed by atoms with E-state index >= 15 is 0 Å². The zero-order valence-corrected chi connectivity index (χ0v) is 13.8. The lowest BCUT2D eigenvalue weighted by Gasteiger charge is -2.45. The Kier molecular flexibility index (Phi) is 6.27. The van der Waals surface area contributed by atoms with Crippen molar-refractivity contribution in [3.63, 3.8) is 0 Å². The van der Waals surface area contributed by atoms with Gasteiger partial charge in [0.2, 0.25) is 0 Å². The van der Waals surface area contributed by atoms with Crippen LogP contribution in [0.1, 0.15) is 40.5 Å². The lowest BCUT2D eigenvalue weighted by atomic mass is 9.86. The molecule has 114 valence electrons. The number of nitrogens with zero attached hydrogens (tertiary/aromatic N) is 1. The lowest BCUT2D eigenvalue weighted by molar-refractivity contribution is 0.0602. The van der Waals surface area contributed by atoms with Crippen molar-refractivity contribution in [3.05, 3.63) is 0 Å². The number of nitrogens with one attached hydrogen (secondary N) is 1. The standard InChI is InChI=1S/C14H30N2O2S/c1-6-8-15-14-7-9-16(13(4)12(14)3)11(2)10-19(5,17)18/h11-15H,6-10H2,1-5H3. The van der Waals surface area contributed by atoms with E-state index in [2.05, 4.69) is 31.0 Å². The van der Waals surface area contributed by atoms with Crippen LogP contribution >= 0.6 is 0 Å². The van der Waals surface area contributed by atoms with Gasteiger partial charge in [0.1, 0.15) is 9.84 Å². The molecule has 0 amide bonds. The van der Waals surface area contributed by atoms with Crippen LogP contribution in [0.25, 0.3) is 0 Å². The summed E-state index contributed by atoms with van der Waals surface area (Å²) in [7, 11) is -2.90. The minimum absolute atomic E-state index is 0.111. The van der Waals surface area contributed by atoms with Gasteiger partial charge in [-0.3, -0.25) is 4.90 Å². The molecule has 0 radical (unpaired) electrons. The van der Waals surface area contributed by atoms with Crippen LogP contribution in [0.2, 0.25) is 0 Å². The highest BCUT2D eigenvalue weighted by atomic mass is 32.2. The molecule has 5 heteroatoms. The topological polar surface area (TPSA) is 49.4 Å². The van der Waals surface area contributed by atoms with Crippen LogP contribution in [-0.2, 0) is 9.84 Å². The maximum absolute atomic E-state index is 11.4. The number of sulfone groups is 1. The van der Waals surface area contributed by atoms with Crippen molar-refractivity contribution in [2.24, 2.45) is 5.92 Å². The first kappa shape index (κ1) is 16.9. The quantitative estimate of drug-likeness (QED) is 0.806. The van der Waals surface area contributed by atoms with Crippen LogP contribution in [0.15, 0.2) is 0 Å². The fraction of sp³-hybridized carbons (Fsp3) is 1.00. The van der Waals surface area contributed by atoms with Gasteiger partial charge < -0.3 is 5.32 Å². The molecule has 1 N–H and O–H groups in total. The maximum Gasteiger partial charge on any atom is 0.148 e. The Morgan fingerprint density at radius 3 is 2.53 bits per heavy atom. The summed E-state index contributed by atoms with van der Waals surface area (Å²) in [6.07, 6.45) is 3.60. The maximum atomic E-state index is 11.4. The van der Waals surface area contributed by atoms with E-state index in [1.165, 1.54) is 6.26 Å². The minimum Gasteiger partial charge on any atom is -0.314 e. The van der Waals surface area contributed by atoms with Gasteiger partial charge in [0.15, 0.2) is 0 Å². The van der Waals surface area contributed by atoms with Gasteiger partial charge >= 0.3 is 0 Å². The van der Waals surface area contributed by atoms with Crippen molar-refractivity contribution in [2.75, 3.05) is 25.1 Å². The van der Waals surface area contributed by atoms with Crippen molar-refractivity contribution >= 4 is 9.84 Å². The summed E-state index contributed by atoms with van der Waals surface area (Å²) in [4.78, 5) is 2.36.